The molecule has 0 N–H and O–H groups in total. The van der Waals surface area contributed by atoms with Gasteiger partial charge in [0.1, 0.15) is 0 Å². The quantitative estimate of drug-likeness (QED) is 0.737. The number of likely N-dealkylation sites (N-methyl/N-ethyl adjacent to an activating group) is 1. The number of nitrogens with zero attached hydrogens (tertiary/aromatic N) is 2. The summed E-state index contributed by atoms with van der Waals surface area (Å²) in [6, 6.07) is 7.54. The summed E-state index contributed by atoms with van der Waals surface area (Å²) >= 11 is 5.86. The SMILES string of the molecule is CCCCN(C)C(=O)CN(CCc1ccc(Cl)cc1)C(C)=O. The van der Waals surface area contributed by atoms with Gasteiger partial charge in [-0.3, -0.25) is 9.59 Å². The maximum Gasteiger partial charge on any atom is 0.241 e. The van der Waals surface area contributed by atoms with Gasteiger partial charge < -0.3 is 9.80 Å². The van der Waals surface area contributed by atoms with E-state index in [9.17, 15) is 9.59 Å². The minimum Gasteiger partial charge on any atom is -0.344 e. The highest BCUT2D eigenvalue weighted by Crippen LogP contribution is 2.10. The van der Waals surface area contributed by atoms with Crippen molar-refractivity contribution in [1.82, 2.24) is 9.80 Å². The Kier molecular flexibility index (Phi) is 7.96. The summed E-state index contributed by atoms with van der Waals surface area (Å²) in [6.45, 7) is 5.00. The summed E-state index contributed by atoms with van der Waals surface area (Å²) in [4.78, 5) is 27.2. The second-order valence-corrected chi connectivity index (χ2v) is 5.92. The van der Waals surface area contributed by atoms with Crippen LogP contribution < -0.4 is 0 Å². The molecule has 0 saturated heterocycles. The molecule has 122 valence electrons. The molecule has 1 aromatic rings. The van der Waals surface area contributed by atoms with Gasteiger partial charge in [0.2, 0.25) is 11.8 Å². The molecule has 0 aromatic heterocycles. The normalized spacial score (nSPS) is 10.4. The molecule has 4 nitrogen and oxygen atoms in total. The first-order chi connectivity index (χ1) is 10.4. The first-order valence-corrected chi connectivity index (χ1v) is 8.05. The molecular formula is C17H25ClN2O2. The summed E-state index contributed by atoms with van der Waals surface area (Å²) in [5.74, 6) is -0.0917. The smallest absolute Gasteiger partial charge is 0.241 e. The van der Waals surface area contributed by atoms with Crippen LogP contribution in [0.15, 0.2) is 24.3 Å². The van der Waals surface area contributed by atoms with Crippen molar-refractivity contribution in [3.8, 4) is 0 Å². The summed E-state index contributed by atoms with van der Waals surface area (Å²) in [5.41, 5.74) is 1.10. The Morgan fingerprint density at radius 1 is 1.14 bits per heavy atom. The molecule has 0 fully saturated rings. The summed E-state index contributed by atoms with van der Waals surface area (Å²) in [7, 11) is 1.79. The summed E-state index contributed by atoms with van der Waals surface area (Å²) in [5, 5.41) is 0.694. The third-order valence-corrected chi connectivity index (χ3v) is 3.88. The van der Waals surface area contributed by atoms with Crippen LogP contribution in [0.3, 0.4) is 0 Å². The van der Waals surface area contributed by atoms with Gasteiger partial charge in [0.15, 0.2) is 0 Å². The van der Waals surface area contributed by atoms with E-state index >= 15 is 0 Å². The Balaban J connectivity index is 2.53. The fourth-order valence-electron chi connectivity index (χ4n) is 2.07. The molecule has 0 spiro atoms. The molecule has 0 radical (unpaired) electrons. The number of halogens is 1. The lowest BCUT2D eigenvalue weighted by Crippen LogP contribution is -2.41. The molecule has 2 amide bonds. The maximum absolute atomic E-state index is 12.1. The van der Waals surface area contributed by atoms with E-state index in [0.717, 1.165) is 24.9 Å². The van der Waals surface area contributed by atoms with Crippen molar-refractivity contribution < 1.29 is 9.59 Å². The third-order valence-electron chi connectivity index (χ3n) is 3.63. The zero-order valence-corrected chi connectivity index (χ0v) is 14.4. The molecule has 0 aliphatic heterocycles. The Hall–Kier alpha value is -1.55. The second-order valence-electron chi connectivity index (χ2n) is 5.49. The lowest BCUT2D eigenvalue weighted by atomic mass is 10.1. The fourth-order valence-corrected chi connectivity index (χ4v) is 2.19. The van der Waals surface area contributed by atoms with Crippen LogP contribution in [0.25, 0.3) is 0 Å². The van der Waals surface area contributed by atoms with E-state index in [4.69, 9.17) is 11.6 Å². The van der Waals surface area contributed by atoms with Gasteiger partial charge in [-0.15, -0.1) is 0 Å². The molecule has 5 heteroatoms. The molecule has 22 heavy (non-hydrogen) atoms. The van der Waals surface area contributed by atoms with E-state index in [1.165, 1.54) is 6.92 Å². The number of amides is 2. The predicted molar refractivity (Wildman–Crippen MR) is 90.0 cm³/mol. The van der Waals surface area contributed by atoms with Crippen molar-refractivity contribution in [3.05, 3.63) is 34.9 Å². The minimum absolute atomic E-state index is 0.0141. The molecule has 0 aliphatic rings. The van der Waals surface area contributed by atoms with Gasteiger partial charge in [-0.1, -0.05) is 37.1 Å². The number of rotatable bonds is 8. The highest BCUT2D eigenvalue weighted by molar-refractivity contribution is 6.30. The van der Waals surface area contributed by atoms with Gasteiger partial charge in [-0.05, 0) is 30.5 Å². The van der Waals surface area contributed by atoms with Crippen LogP contribution >= 0.6 is 11.6 Å². The molecule has 0 heterocycles. The highest BCUT2D eigenvalue weighted by Gasteiger charge is 2.16. The Bertz CT molecular complexity index is 488. The number of carbonyl (C=O) groups is 2. The van der Waals surface area contributed by atoms with Crippen molar-refractivity contribution in [2.75, 3.05) is 26.7 Å². The number of hydrogen-bond donors (Lipinski definition) is 0. The summed E-state index contributed by atoms with van der Waals surface area (Å²) in [6.07, 6.45) is 2.74. The average Bonchev–Trinajstić information content (AvgIpc) is 2.50. The van der Waals surface area contributed by atoms with E-state index < -0.39 is 0 Å². The lowest BCUT2D eigenvalue weighted by Gasteiger charge is -2.24. The van der Waals surface area contributed by atoms with E-state index in [1.807, 2.05) is 24.3 Å². The van der Waals surface area contributed by atoms with Crippen molar-refractivity contribution in [1.29, 1.82) is 0 Å². The van der Waals surface area contributed by atoms with Crippen LogP contribution in [-0.2, 0) is 16.0 Å². The van der Waals surface area contributed by atoms with Crippen molar-refractivity contribution in [2.45, 2.75) is 33.1 Å². The topological polar surface area (TPSA) is 40.6 Å². The van der Waals surface area contributed by atoms with Crippen LogP contribution in [0, 0.1) is 0 Å². The molecule has 0 saturated carbocycles. The molecule has 0 aliphatic carbocycles. The van der Waals surface area contributed by atoms with Gasteiger partial charge in [0.05, 0.1) is 6.54 Å². The van der Waals surface area contributed by atoms with Crippen LogP contribution in [0.1, 0.15) is 32.3 Å². The Morgan fingerprint density at radius 3 is 2.32 bits per heavy atom. The van der Waals surface area contributed by atoms with Crippen molar-refractivity contribution in [2.24, 2.45) is 0 Å². The first-order valence-electron chi connectivity index (χ1n) is 7.68. The fraction of sp³-hybridized carbons (Fsp3) is 0.529. The molecule has 0 unspecified atom stereocenters. The number of hydrogen-bond acceptors (Lipinski definition) is 2. The zero-order valence-electron chi connectivity index (χ0n) is 13.6. The van der Waals surface area contributed by atoms with Gasteiger partial charge in [0, 0.05) is 32.1 Å². The molecule has 1 aromatic carbocycles. The molecule has 1 rings (SSSR count). The van der Waals surface area contributed by atoms with Gasteiger partial charge in [-0.25, -0.2) is 0 Å². The van der Waals surface area contributed by atoms with Crippen LogP contribution in [0.4, 0.5) is 0 Å². The minimum atomic E-state index is -0.0776. The van der Waals surface area contributed by atoms with E-state index in [0.29, 0.717) is 18.0 Å². The Morgan fingerprint density at radius 2 is 1.77 bits per heavy atom. The van der Waals surface area contributed by atoms with E-state index in [1.54, 1.807) is 16.8 Å². The van der Waals surface area contributed by atoms with Crippen LogP contribution in [-0.4, -0.2) is 48.3 Å². The average molecular weight is 325 g/mol. The van der Waals surface area contributed by atoms with Gasteiger partial charge >= 0.3 is 0 Å². The predicted octanol–water partition coefficient (Wildman–Crippen LogP) is 2.99. The maximum atomic E-state index is 12.1. The zero-order chi connectivity index (χ0) is 16.5. The van der Waals surface area contributed by atoms with E-state index in [-0.39, 0.29) is 18.4 Å². The molecule has 0 bridgehead atoms. The van der Waals surface area contributed by atoms with Gasteiger partial charge in [-0.2, -0.15) is 0 Å². The van der Waals surface area contributed by atoms with Crippen LogP contribution in [0.2, 0.25) is 5.02 Å². The van der Waals surface area contributed by atoms with E-state index in [2.05, 4.69) is 6.92 Å². The summed E-state index contributed by atoms with van der Waals surface area (Å²) < 4.78 is 0. The standard InChI is InChI=1S/C17H25ClN2O2/c1-4-5-11-19(3)17(22)13-20(14(2)21)12-10-15-6-8-16(18)9-7-15/h6-9H,4-5,10-13H2,1-3H3. The first kappa shape index (κ1) is 18.5. The highest BCUT2D eigenvalue weighted by atomic mass is 35.5. The second kappa shape index (κ2) is 9.46. The van der Waals surface area contributed by atoms with Crippen molar-refractivity contribution >= 4 is 23.4 Å². The Labute approximate surface area is 138 Å². The van der Waals surface area contributed by atoms with Gasteiger partial charge in [0.25, 0.3) is 0 Å². The lowest BCUT2D eigenvalue weighted by molar-refractivity contribution is -0.138. The monoisotopic (exact) mass is 324 g/mol. The molecular weight excluding hydrogens is 300 g/mol. The number of unbranched alkanes of at least 4 members (excludes halogenated alkanes) is 1. The third kappa shape index (κ3) is 6.48. The van der Waals surface area contributed by atoms with Crippen molar-refractivity contribution in [3.63, 3.8) is 0 Å². The van der Waals surface area contributed by atoms with Crippen LogP contribution in [0.5, 0.6) is 0 Å². The number of benzene rings is 1. The largest absolute Gasteiger partial charge is 0.344 e. The molecule has 0 atom stereocenters. The number of carbonyl (C=O) groups excluding carboxylic acids is 2.